The molecule has 1 aromatic heterocycles. The van der Waals surface area contributed by atoms with Gasteiger partial charge in [0.2, 0.25) is 0 Å². The van der Waals surface area contributed by atoms with E-state index in [4.69, 9.17) is 11.6 Å². The minimum atomic E-state index is 0.858. The second-order valence-electron chi connectivity index (χ2n) is 2.88. The van der Waals surface area contributed by atoms with Gasteiger partial charge >= 0.3 is 0 Å². The van der Waals surface area contributed by atoms with Gasteiger partial charge in [-0.05, 0) is 44.6 Å². The fourth-order valence-corrected chi connectivity index (χ4v) is 2.10. The van der Waals surface area contributed by atoms with E-state index in [1.807, 2.05) is 13.1 Å². The topological polar surface area (TPSA) is 12.0 Å². The first-order valence-electron chi connectivity index (χ1n) is 4.31. The van der Waals surface area contributed by atoms with Crippen LogP contribution in [-0.4, -0.2) is 13.6 Å². The van der Waals surface area contributed by atoms with E-state index < -0.39 is 0 Å². The molecule has 1 heterocycles. The predicted molar refractivity (Wildman–Crippen MR) is 61.5 cm³/mol. The summed E-state index contributed by atoms with van der Waals surface area (Å²) in [4.78, 5) is 1.26. The van der Waals surface area contributed by atoms with Gasteiger partial charge in [-0.25, -0.2) is 0 Å². The van der Waals surface area contributed by atoms with Gasteiger partial charge in [-0.15, -0.1) is 11.3 Å². The van der Waals surface area contributed by atoms with E-state index in [0.29, 0.717) is 0 Å². The maximum absolute atomic E-state index is 5.84. The van der Waals surface area contributed by atoms with Crippen LogP contribution in [0.15, 0.2) is 18.2 Å². The van der Waals surface area contributed by atoms with Crippen molar-refractivity contribution < 1.29 is 0 Å². The Hall–Kier alpha value is -0.310. The van der Waals surface area contributed by atoms with Crippen molar-refractivity contribution in [3.05, 3.63) is 27.4 Å². The number of nitrogens with one attached hydrogen (secondary N) is 1. The van der Waals surface area contributed by atoms with E-state index in [1.165, 1.54) is 10.5 Å². The summed E-state index contributed by atoms with van der Waals surface area (Å²) in [5.74, 6) is 0. The normalized spacial score (nSPS) is 12.1. The van der Waals surface area contributed by atoms with E-state index in [9.17, 15) is 0 Å². The van der Waals surface area contributed by atoms with Crippen molar-refractivity contribution in [3.63, 3.8) is 0 Å². The first-order chi connectivity index (χ1) is 6.24. The number of allylic oxidation sites excluding steroid dienone is 1. The van der Waals surface area contributed by atoms with Crippen LogP contribution in [0.2, 0.25) is 4.34 Å². The summed E-state index contributed by atoms with van der Waals surface area (Å²) in [5, 5.41) is 3.11. The van der Waals surface area contributed by atoms with Crippen LogP contribution in [0, 0.1) is 0 Å². The van der Waals surface area contributed by atoms with Crippen LogP contribution >= 0.6 is 22.9 Å². The molecule has 1 N–H and O–H groups in total. The molecule has 0 saturated heterocycles. The zero-order valence-corrected chi connectivity index (χ0v) is 9.50. The van der Waals surface area contributed by atoms with Crippen LogP contribution in [0.25, 0.3) is 5.57 Å². The van der Waals surface area contributed by atoms with Crippen molar-refractivity contribution in [2.75, 3.05) is 13.6 Å². The molecule has 0 unspecified atom stereocenters. The molecule has 0 radical (unpaired) electrons. The molecule has 3 heteroatoms. The summed E-state index contributed by atoms with van der Waals surface area (Å²) in [7, 11) is 1.96. The minimum Gasteiger partial charge on any atom is -0.319 e. The smallest absolute Gasteiger partial charge is 0.0934 e. The van der Waals surface area contributed by atoms with Gasteiger partial charge in [-0.1, -0.05) is 17.7 Å². The monoisotopic (exact) mass is 215 g/mol. The summed E-state index contributed by atoms with van der Waals surface area (Å²) in [6, 6.07) is 4.01. The van der Waals surface area contributed by atoms with Gasteiger partial charge in [-0.2, -0.15) is 0 Å². The van der Waals surface area contributed by atoms with Crippen LogP contribution in [0.1, 0.15) is 18.2 Å². The van der Waals surface area contributed by atoms with Crippen LogP contribution < -0.4 is 5.32 Å². The molecule has 0 aliphatic rings. The van der Waals surface area contributed by atoms with E-state index in [-0.39, 0.29) is 0 Å². The van der Waals surface area contributed by atoms with E-state index in [2.05, 4.69) is 24.4 Å². The quantitative estimate of drug-likeness (QED) is 0.760. The van der Waals surface area contributed by atoms with Crippen LogP contribution in [0.3, 0.4) is 0 Å². The van der Waals surface area contributed by atoms with E-state index >= 15 is 0 Å². The van der Waals surface area contributed by atoms with E-state index in [0.717, 1.165) is 17.3 Å². The molecule has 0 aromatic carbocycles. The highest BCUT2D eigenvalue weighted by molar-refractivity contribution is 7.17. The van der Waals surface area contributed by atoms with Crippen molar-refractivity contribution in [3.8, 4) is 0 Å². The molecule has 0 fully saturated rings. The molecule has 1 nitrogen and oxygen atoms in total. The molecule has 13 heavy (non-hydrogen) atoms. The Morgan fingerprint density at radius 1 is 1.62 bits per heavy atom. The molecular weight excluding hydrogens is 202 g/mol. The SMILES string of the molecule is CNCCC=C(C)c1ccc(Cl)s1. The average molecular weight is 216 g/mol. The Balaban J connectivity index is 2.56. The van der Waals surface area contributed by atoms with Crippen molar-refractivity contribution in [1.82, 2.24) is 5.32 Å². The summed E-state index contributed by atoms with van der Waals surface area (Å²) >= 11 is 7.48. The van der Waals surface area contributed by atoms with Crippen molar-refractivity contribution in [1.29, 1.82) is 0 Å². The number of hydrogen-bond acceptors (Lipinski definition) is 2. The summed E-state index contributed by atoms with van der Waals surface area (Å²) < 4.78 is 0.858. The zero-order chi connectivity index (χ0) is 9.68. The number of thiophene rings is 1. The lowest BCUT2D eigenvalue weighted by atomic mass is 10.2. The molecule has 0 atom stereocenters. The Labute approximate surface area is 88.4 Å². The lowest BCUT2D eigenvalue weighted by Crippen LogP contribution is -2.05. The van der Waals surface area contributed by atoms with E-state index in [1.54, 1.807) is 11.3 Å². The predicted octanol–water partition coefficient (Wildman–Crippen LogP) is 3.41. The fourth-order valence-electron chi connectivity index (χ4n) is 1.06. The number of halogens is 1. The number of hydrogen-bond donors (Lipinski definition) is 1. The second kappa shape index (κ2) is 5.43. The Morgan fingerprint density at radius 3 is 2.92 bits per heavy atom. The van der Waals surface area contributed by atoms with Crippen LogP contribution in [0.5, 0.6) is 0 Å². The van der Waals surface area contributed by atoms with Gasteiger partial charge < -0.3 is 5.32 Å². The van der Waals surface area contributed by atoms with Gasteiger partial charge in [0, 0.05) is 4.88 Å². The van der Waals surface area contributed by atoms with Gasteiger partial charge in [0.15, 0.2) is 0 Å². The highest BCUT2D eigenvalue weighted by Crippen LogP contribution is 2.27. The van der Waals surface area contributed by atoms with Crippen molar-refractivity contribution >= 4 is 28.5 Å². The average Bonchev–Trinajstić information content (AvgIpc) is 2.52. The molecule has 1 aromatic rings. The maximum atomic E-state index is 5.84. The third kappa shape index (κ3) is 3.51. The third-order valence-corrected chi connectivity index (χ3v) is 3.17. The van der Waals surface area contributed by atoms with Crippen molar-refractivity contribution in [2.24, 2.45) is 0 Å². The Bertz CT molecular complexity index is 291. The molecule has 0 saturated carbocycles. The van der Waals surface area contributed by atoms with Gasteiger partial charge in [0.05, 0.1) is 4.34 Å². The van der Waals surface area contributed by atoms with Gasteiger partial charge in [-0.3, -0.25) is 0 Å². The van der Waals surface area contributed by atoms with Crippen LogP contribution in [-0.2, 0) is 0 Å². The molecular formula is C10H14ClNS. The molecule has 0 aliphatic heterocycles. The summed E-state index contributed by atoms with van der Waals surface area (Å²) in [6.07, 6.45) is 3.30. The fraction of sp³-hybridized carbons (Fsp3) is 0.400. The highest BCUT2D eigenvalue weighted by Gasteiger charge is 1.98. The number of rotatable bonds is 4. The van der Waals surface area contributed by atoms with Crippen molar-refractivity contribution in [2.45, 2.75) is 13.3 Å². The molecule has 72 valence electrons. The molecule has 0 bridgehead atoms. The lowest BCUT2D eigenvalue weighted by Gasteiger charge is -1.96. The lowest BCUT2D eigenvalue weighted by molar-refractivity contribution is 0.808. The Kier molecular flexibility index (Phi) is 4.50. The summed E-state index contributed by atoms with van der Waals surface area (Å²) in [5.41, 5.74) is 1.31. The molecule has 1 rings (SSSR count). The van der Waals surface area contributed by atoms with Gasteiger partial charge in [0.25, 0.3) is 0 Å². The minimum absolute atomic E-state index is 0.858. The van der Waals surface area contributed by atoms with Crippen LogP contribution in [0.4, 0.5) is 0 Å². The second-order valence-corrected chi connectivity index (χ2v) is 4.60. The standard InChI is InChI=1S/C10H14ClNS/c1-8(4-3-7-12-2)9-5-6-10(11)13-9/h4-6,12H,3,7H2,1-2H3. The maximum Gasteiger partial charge on any atom is 0.0934 e. The molecule has 0 aliphatic carbocycles. The Morgan fingerprint density at radius 2 is 2.38 bits per heavy atom. The molecule has 0 amide bonds. The summed E-state index contributed by atoms with van der Waals surface area (Å²) in [6.45, 7) is 3.15. The largest absolute Gasteiger partial charge is 0.319 e. The first-order valence-corrected chi connectivity index (χ1v) is 5.50. The first kappa shape index (κ1) is 10.8. The molecule has 0 spiro atoms. The van der Waals surface area contributed by atoms with Gasteiger partial charge in [0.1, 0.15) is 0 Å². The zero-order valence-electron chi connectivity index (χ0n) is 7.93. The third-order valence-electron chi connectivity index (χ3n) is 1.81. The highest BCUT2D eigenvalue weighted by atomic mass is 35.5.